The quantitative estimate of drug-likeness (QED) is 0.596. The Bertz CT molecular complexity index is 193. The van der Waals surface area contributed by atoms with Crippen molar-refractivity contribution in [2.75, 3.05) is 7.05 Å². The van der Waals surface area contributed by atoms with E-state index in [1.54, 1.807) is 0 Å². The first-order valence-corrected chi connectivity index (χ1v) is 6.15. The molecule has 1 heterocycles. The molecule has 1 rings (SSSR count). The lowest BCUT2D eigenvalue weighted by molar-refractivity contribution is -0.532. The molecule has 2 atom stereocenters. The number of hydrogen-bond donors (Lipinski definition) is 0. The minimum absolute atomic E-state index is 0.741. The molecular formula is C13H26N+. The van der Waals surface area contributed by atoms with E-state index in [9.17, 15) is 0 Å². The molecule has 0 radical (unpaired) electrons. The highest BCUT2D eigenvalue weighted by atomic mass is 15.0. The topological polar surface area (TPSA) is 3.01 Å². The van der Waals surface area contributed by atoms with E-state index in [4.69, 9.17) is 0 Å². The van der Waals surface area contributed by atoms with Gasteiger partial charge in [-0.05, 0) is 38.0 Å². The minimum atomic E-state index is 0.741. The SMILES string of the molecule is CC(C)CC1CCC=[N+](C)C(C)CC1. The van der Waals surface area contributed by atoms with Crippen LogP contribution in [0.25, 0.3) is 0 Å². The standard InChI is InChI=1S/C13H26N/c1-11(2)10-13-6-5-9-14(4)12(3)7-8-13/h9,11-13H,5-8,10H2,1-4H3/q+1. The normalized spacial score (nSPS) is 29.6. The lowest BCUT2D eigenvalue weighted by Crippen LogP contribution is -2.24. The van der Waals surface area contributed by atoms with Gasteiger partial charge in [0.15, 0.2) is 0 Å². The largest absolute Gasteiger partial charge is 0.240 e. The van der Waals surface area contributed by atoms with Crippen LogP contribution in [0.1, 0.15) is 52.9 Å². The first kappa shape index (κ1) is 11.7. The van der Waals surface area contributed by atoms with Crippen LogP contribution in [0.3, 0.4) is 0 Å². The molecule has 0 amide bonds. The van der Waals surface area contributed by atoms with Crippen molar-refractivity contribution < 1.29 is 4.58 Å². The van der Waals surface area contributed by atoms with Crippen molar-refractivity contribution >= 4 is 6.21 Å². The summed E-state index contributed by atoms with van der Waals surface area (Å²) < 4.78 is 2.39. The third-order valence-electron chi connectivity index (χ3n) is 3.48. The molecule has 0 N–H and O–H groups in total. The zero-order valence-electron chi connectivity index (χ0n) is 10.3. The second-order valence-electron chi connectivity index (χ2n) is 5.35. The van der Waals surface area contributed by atoms with Crippen molar-refractivity contribution in [3.63, 3.8) is 0 Å². The monoisotopic (exact) mass is 196 g/mol. The number of rotatable bonds is 2. The van der Waals surface area contributed by atoms with E-state index < -0.39 is 0 Å². The van der Waals surface area contributed by atoms with Gasteiger partial charge < -0.3 is 0 Å². The summed E-state index contributed by atoms with van der Waals surface area (Å²) >= 11 is 0. The maximum Gasteiger partial charge on any atom is 0.149 e. The number of nitrogens with zero attached hydrogens (tertiary/aromatic N) is 1. The molecule has 0 aromatic carbocycles. The lowest BCUT2D eigenvalue weighted by atomic mass is 9.87. The third kappa shape index (κ3) is 3.81. The van der Waals surface area contributed by atoms with Crippen LogP contribution in [-0.2, 0) is 0 Å². The van der Waals surface area contributed by atoms with E-state index in [1.807, 2.05) is 0 Å². The second-order valence-corrected chi connectivity index (χ2v) is 5.35. The summed E-state index contributed by atoms with van der Waals surface area (Å²) in [6.07, 6.45) is 9.27. The van der Waals surface area contributed by atoms with Crippen molar-refractivity contribution in [3.8, 4) is 0 Å². The molecule has 14 heavy (non-hydrogen) atoms. The molecule has 0 saturated carbocycles. The van der Waals surface area contributed by atoms with E-state index in [2.05, 4.69) is 38.6 Å². The van der Waals surface area contributed by atoms with Gasteiger partial charge >= 0.3 is 0 Å². The summed E-state index contributed by atoms with van der Waals surface area (Å²) in [5.41, 5.74) is 0. The van der Waals surface area contributed by atoms with Crippen LogP contribution in [0.5, 0.6) is 0 Å². The molecule has 0 bridgehead atoms. The Hall–Kier alpha value is -0.330. The molecule has 0 fully saturated rings. The summed E-state index contributed by atoms with van der Waals surface area (Å²) in [7, 11) is 2.22. The van der Waals surface area contributed by atoms with Crippen LogP contribution in [0.2, 0.25) is 0 Å². The molecule has 0 spiro atoms. The van der Waals surface area contributed by atoms with Gasteiger partial charge in [0.2, 0.25) is 0 Å². The summed E-state index contributed by atoms with van der Waals surface area (Å²) in [6, 6.07) is 0.741. The average molecular weight is 196 g/mol. The molecule has 1 aliphatic heterocycles. The minimum Gasteiger partial charge on any atom is -0.240 e. The second kappa shape index (κ2) is 5.53. The van der Waals surface area contributed by atoms with Gasteiger partial charge in [-0.1, -0.05) is 13.8 Å². The van der Waals surface area contributed by atoms with Crippen LogP contribution in [0.4, 0.5) is 0 Å². The number of hydrogen-bond acceptors (Lipinski definition) is 0. The van der Waals surface area contributed by atoms with Gasteiger partial charge in [-0.3, -0.25) is 0 Å². The van der Waals surface area contributed by atoms with E-state index in [-0.39, 0.29) is 0 Å². The smallest absolute Gasteiger partial charge is 0.149 e. The third-order valence-corrected chi connectivity index (χ3v) is 3.48. The lowest BCUT2D eigenvalue weighted by Gasteiger charge is -2.21. The van der Waals surface area contributed by atoms with Gasteiger partial charge in [0.05, 0.1) is 0 Å². The van der Waals surface area contributed by atoms with Crippen molar-refractivity contribution in [1.29, 1.82) is 0 Å². The van der Waals surface area contributed by atoms with Gasteiger partial charge in [0.1, 0.15) is 19.3 Å². The van der Waals surface area contributed by atoms with Crippen LogP contribution >= 0.6 is 0 Å². The molecule has 0 aromatic rings. The Morgan fingerprint density at radius 3 is 2.64 bits per heavy atom. The van der Waals surface area contributed by atoms with Gasteiger partial charge in [-0.2, -0.15) is 0 Å². The summed E-state index contributed by atoms with van der Waals surface area (Å²) in [5.74, 6) is 1.84. The van der Waals surface area contributed by atoms with Gasteiger partial charge in [0.25, 0.3) is 0 Å². The van der Waals surface area contributed by atoms with Crippen molar-refractivity contribution in [2.24, 2.45) is 11.8 Å². The van der Waals surface area contributed by atoms with Gasteiger partial charge in [-0.15, -0.1) is 0 Å². The summed E-state index contributed by atoms with van der Waals surface area (Å²) in [6.45, 7) is 7.03. The Balaban J connectivity index is 2.45. The summed E-state index contributed by atoms with van der Waals surface area (Å²) in [5, 5.41) is 0. The van der Waals surface area contributed by atoms with Gasteiger partial charge in [-0.25, -0.2) is 4.58 Å². The van der Waals surface area contributed by atoms with Crippen LogP contribution < -0.4 is 0 Å². The molecule has 0 aliphatic carbocycles. The highest BCUT2D eigenvalue weighted by molar-refractivity contribution is 5.51. The van der Waals surface area contributed by atoms with Crippen molar-refractivity contribution in [2.45, 2.75) is 58.9 Å². The average Bonchev–Trinajstić information content (AvgIpc) is 2.10. The molecule has 1 aliphatic rings. The molecule has 1 nitrogen and oxygen atoms in total. The first-order chi connectivity index (χ1) is 6.59. The Morgan fingerprint density at radius 2 is 2.00 bits per heavy atom. The molecule has 2 unspecified atom stereocenters. The highest BCUT2D eigenvalue weighted by Gasteiger charge is 2.18. The van der Waals surface area contributed by atoms with Crippen LogP contribution in [0, 0.1) is 11.8 Å². The molecule has 0 saturated heterocycles. The highest BCUT2D eigenvalue weighted by Crippen LogP contribution is 2.24. The fraction of sp³-hybridized carbons (Fsp3) is 0.923. The molecule has 0 aromatic heterocycles. The predicted octanol–water partition coefficient (Wildman–Crippen LogP) is 3.32. The zero-order valence-corrected chi connectivity index (χ0v) is 10.3. The fourth-order valence-corrected chi connectivity index (χ4v) is 2.42. The first-order valence-electron chi connectivity index (χ1n) is 6.15. The Labute approximate surface area is 89.2 Å². The van der Waals surface area contributed by atoms with E-state index in [1.165, 1.54) is 32.1 Å². The predicted molar refractivity (Wildman–Crippen MR) is 63.1 cm³/mol. The van der Waals surface area contributed by atoms with E-state index >= 15 is 0 Å². The van der Waals surface area contributed by atoms with Gasteiger partial charge in [0, 0.05) is 12.8 Å². The van der Waals surface area contributed by atoms with Crippen LogP contribution in [-0.4, -0.2) is 23.9 Å². The van der Waals surface area contributed by atoms with Crippen molar-refractivity contribution in [1.82, 2.24) is 0 Å². The Kier molecular flexibility index (Phi) is 4.64. The molecule has 1 heteroatoms. The Morgan fingerprint density at radius 1 is 1.29 bits per heavy atom. The zero-order chi connectivity index (χ0) is 10.6. The van der Waals surface area contributed by atoms with Crippen molar-refractivity contribution in [3.05, 3.63) is 0 Å². The van der Waals surface area contributed by atoms with E-state index in [0.717, 1.165) is 17.9 Å². The maximum absolute atomic E-state index is 2.39. The van der Waals surface area contributed by atoms with E-state index in [0.29, 0.717) is 0 Å². The molecular weight excluding hydrogens is 170 g/mol. The maximum atomic E-state index is 2.39. The summed E-state index contributed by atoms with van der Waals surface area (Å²) in [4.78, 5) is 0. The molecule has 82 valence electrons. The fourth-order valence-electron chi connectivity index (χ4n) is 2.42. The van der Waals surface area contributed by atoms with Crippen LogP contribution in [0.15, 0.2) is 0 Å².